The molecule has 124 valence electrons. The number of hydrogen-bond donors (Lipinski definition) is 2. The van der Waals surface area contributed by atoms with E-state index in [-0.39, 0.29) is 11.8 Å². The molecule has 0 aromatic heterocycles. The van der Waals surface area contributed by atoms with Crippen LogP contribution in [0.4, 0.5) is 0 Å². The van der Waals surface area contributed by atoms with Crippen molar-refractivity contribution in [2.75, 3.05) is 7.11 Å². The monoisotopic (exact) mass is 316 g/mol. The van der Waals surface area contributed by atoms with E-state index in [0.29, 0.717) is 5.56 Å². The van der Waals surface area contributed by atoms with Gasteiger partial charge >= 0.3 is 5.97 Å². The van der Waals surface area contributed by atoms with Crippen molar-refractivity contribution in [2.24, 2.45) is 11.7 Å². The van der Waals surface area contributed by atoms with Crippen molar-refractivity contribution in [3.63, 3.8) is 0 Å². The van der Waals surface area contributed by atoms with Crippen LogP contribution in [0.1, 0.15) is 43.6 Å². The van der Waals surface area contributed by atoms with E-state index in [4.69, 9.17) is 10.5 Å². The smallest absolute Gasteiger partial charge is 0.330 e. The zero-order chi connectivity index (χ0) is 17.6. The number of amides is 1. The Labute approximate surface area is 137 Å². The van der Waals surface area contributed by atoms with E-state index in [1.54, 1.807) is 38.1 Å². The molecule has 5 nitrogen and oxygen atoms in total. The summed E-state index contributed by atoms with van der Waals surface area (Å²) in [5.74, 6) is 5.40. The summed E-state index contributed by atoms with van der Waals surface area (Å²) in [6.07, 6.45) is 0. The van der Waals surface area contributed by atoms with Crippen LogP contribution in [0.2, 0.25) is 0 Å². The number of carbonyl (C=O) groups excluding carboxylic acids is 2. The van der Waals surface area contributed by atoms with Crippen LogP contribution < -0.4 is 11.1 Å². The number of benzene rings is 1. The highest BCUT2D eigenvalue weighted by molar-refractivity contribution is 5.97. The third-order valence-corrected chi connectivity index (χ3v) is 3.11. The van der Waals surface area contributed by atoms with Gasteiger partial charge in [0.05, 0.1) is 7.11 Å². The predicted molar refractivity (Wildman–Crippen MR) is 89.7 cm³/mol. The largest absolute Gasteiger partial charge is 0.467 e. The molecule has 0 spiro atoms. The maximum atomic E-state index is 12.3. The Hall–Kier alpha value is -2.32. The highest BCUT2D eigenvalue weighted by Gasteiger charge is 2.34. The van der Waals surface area contributed by atoms with Crippen LogP contribution in [0.5, 0.6) is 0 Å². The lowest BCUT2D eigenvalue weighted by molar-refractivity contribution is -0.144. The maximum absolute atomic E-state index is 12.3. The first-order chi connectivity index (χ1) is 10.6. The van der Waals surface area contributed by atoms with Crippen LogP contribution in [0.15, 0.2) is 24.3 Å². The van der Waals surface area contributed by atoms with Crippen LogP contribution >= 0.6 is 0 Å². The van der Waals surface area contributed by atoms with Crippen LogP contribution in [-0.2, 0) is 9.53 Å². The molecule has 0 radical (unpaired) electrons. The van der Waals surface area contributed by atoms with E-state index in [1.807, 2.05) is 13.8 Å². The summed E-state index contributed by atoms with van der Waals surface area (Å²) in [7, 11) is 1.26. The second kappa shape index (κ2) is 7.80. The lowest BCUT2D eigenvalue weighted by Gasteiger charge is -2.28. The third kappa shape index (κ3) is 5.76. The Bertz CT molecular complexity index is 616. The molecule has 1 amide bonds. The van der Waals surface area contributed by atoms with E-state index in [0.717, 1.165) is 5.56 Å². The van der Waals surface area contributed by atoms with E-state index in [2.05, 4.69) is 17.2 Å². The molecular formula is C18H24N2O3. The predicted octanol–water partition coefficient (Wildman–Crippen LogP) is 1.70. The molecule has 0 aliphatic rings. The molecule has 1 aromatic carbocycles. The molecule has 1 atom stereocenters. The first-order valence-electron chi connectivity index (χ1n) is 7.44. The Morgan fingerprint density at radius 1 is 1.22 bits per heavy atom. The Morgan fingerprint density at radius 2 is 1.78 bits per heavy atom. The molecule has 1 aromatic rings. The summed E-state index contributed by atoms with van der Waals surface area (Å²) in [6.45, 7) is 7.33. The topological polar surface area (TPSA) is 81.4 Å². The molecule has 0 saturated heterocycles. The summed E-state index contributed by atoms with van der Waals surface area (Å²) in [5, 5.41) is 2.62. The van der Waals surface area contributed by atoms with Crippen LogP contribution in [0.3, 0.4) is 0 Å². The number of esters is 1. The average Bonchev–Trinajstić information content (AvgIpc) is 2.49. The van der Waals surface area contributed by atoms with Crippen molar-refractivity contribution < 1.29 is 14.3 Å². The second-order valence-electron chi connectivity index (χ2n) is 6.25. The Balaban J connectivity index is 2.89. The molecule has 0 aliphatic heterocycles. The van der Waals surface area contributed by atoms with E-state index in [9.17, 15) is 9.59 Å². The van der Waals surface area contributed by atoms with Gasteiger partial charge in [-0.3, -0.25) is 4.79 Å². The fraction of sp³-hybridized carbons (Fsp3) is 0.444. The molecule has 1 rings (SSSR count). The van der Waals surface area contributed by atoms with Gasteiger partial charge in [-0.05, 0) is 38.1 Å². The molecule has 5 heteroatoms. The zero-order valence-corrected chi connectivity index (χ0v) is 14.3. The zero-order valence-electron chi connectivity index (χ0n) is 14.3. The maximum Gasteiger partial charge on any atom is 0.330 e. The van der Waals surface area contributed by atoms with Crippen molar-refractivity contribution in [1.82, 2.24) is 5.32 Å². The highest BCUT2D eigenvalue weighted by Crippen LogP contribution is 2.10. The van der Waals surface area contributed by atoms with E-state index in [1.165, 1.54) is 7.11 Å². The number of hydrogen-bond acceptors (Lipinski definition) is 4. The van der Waals surface area contributed by atoms with Crippen molar-refractivity contribution in [3.05, 3.63) is 35.4 Å². The van der Waals surface area contributed by atoms with Gasteiger partial charge in [-0.2, -0.15) is 0 Å². The van der Waals surface area contributed by atoms with Crippen LogP contribution in [0, 0.1) is 17.8 Å². The fourth-order valence-corrected chi connectivity index (χ4v) is 1.81. The lowest BCUT2D eigenvalue weighted by atomic mass is 9.95. The summed E-state index contributed by atoms with van der Waals surface area (Å²) in [6, 6.07) is 5.94. The summed E-state index contributed by atoms with van der Waals surface area (Å²) in [5.41, 5.74) is 6.26. The second-order valence-corrected chi connectivity index (χ2v) is 6.25. The standard InChI is InChI=1S/C18H24N2O3/c1-12(2)6-7-13-8-10-14(11-9-13)16(21)20-15(17(22)23-5)18(3,4)19/h8-12,15H,19H2,1-5H3,(H,20,21). The summed E-state index contributed by atoms with van der Waals surface area (Å²) < 4.78 is 4.70. The highest BCUT2D eigenvalue weighted by atomic mass is 16.5. The van der Waals surface area contributed by atoms with Gasteiger partial charge in [0.2, 0.25) is 0 Å². The summed E-state index contributed by atoms with van der Waals surface area (Å²) >= 11 is 0. The van der Waals surface area contributed by atoms with E-state index >= 15 is 0 Å². The number of methoxy groups -OCH3 is 1. The van der Waals surface area contributed by atoms with Gasteiger partial charge in [0.1, 0.15) is 6.04 Å². The summed E-state index contributed by atoms with van der Waals surface area (Å²) in [4.78, 5) is 24.1. The molecule has 1 unspecified atom stereocenters. The number of rotatable bonds is 4. The average molecular weight is 316 g/mol. The molecule has 3 N–H and O–H groups in total. The number of ether oxygens (including phenoxy) is 1. The molecule has 0 bridgehead atoms. The first kappa shape index (κ1) is 18.7. The van der Waals surface area contributed by atoms with Crippen molar-refractivity contribution >= 4 is 11.9 Å². The Kier molecular flexibility index (Phi) is 6.35. The first-order valence-corrected chi connectivity index (χ1v) is 7.44. The molecule has 0 saturated carbocycles. The van der Waals surface area contributed by atoms with Gasteiger partial charge in [0.25, 0.3) is 5.91 Å². The van der Waals surface area contributed by atoms with Gasteiger partial charge in [-0.25, -0.2) is 4.79 Å². The quantitative estimate of drug-likeness (QED) is 0.654. The van der Waals surface area contributed by atoms with E-state index < -0.39 is 17.6 Å². The number of nitrogens with two attached hydrogens (primary N) is 1. The number of nitrogens with one attached hydrogen (secondary N) is 1. The van der Waals surface area contributed by atoms with Gasteiger partial charge in [0.15, 0.2) is 0 Å². The Morgan fingerprint density at radius 3 is 2.22 bits per heavy atom. The molecule has 0 aliphatic carbocycles. The van der Waals surface area contributed by atoms with Gasteiger partial charge in [-0.1, -0.05) is 25.7 Å². The number of carbonyl (C=O) groups is 2. The van der Waals surface area contributed by atoms with Crippen LogP contribution in [-0.4, -0.2) is 30.6 Å². The molecular weight excluding hydrogens is 292 g/mol. The third-order valence-electron chi connectivity index (χ3n) is 3.11. The van der Waals surface area contributed by atoms with Crippen molar-refractivity contribution in [1.29, 1.82) is 0 Å². The minimum absolute atomic E-state index is 0.283. The van der Waals surface area contributed by atoms with Crippen molar-refractivity contribution in [2.45, 2.75) is 39.3 Å². The minimum Gasteiger partial charge on any atom is -0.467 e. The van der Waals surface area contributed by atoms with Crippen LogP contribution in [0.25, 0.3) is 0 Å². The van der Waals surface area contributed by atoms with Gasteiger partial charge in [0, 0.05) is 22.6 Å². The van der Waals surface area contributed by atoms with Gasteiger partial charge in [-0.15, -0.1) is 0 Å². The normalized spacial score (nSPS) is 12.1. The SMILES string of the molecule is COC(=O)C(NC(=O)c1ccc(C#CC(C)C)cc1)C(C)(C)N. The molecule has 23 heavy (non-hydrogen) atoms. The minimum atomic E-state index is -0.939. The molecule has 0 fully saturated rings. The molecule has 0 heterocycles. The van der Waals surface area contributed by atoms with Gasteiger partial charge < -0.3 is 15.8 Å². The van der Waals surface area contributed by atoms with Crippen molar-refractivity contribution in [3.8, 4) is 11.8 Å². The fourth-order valence-electron chi connectivity index (χ4n) is 1.81. The lowest BCUT2D eigenvalue weighted by Crippen LogP contribution is -2.59.